The first kappa shape index (κ1) is 20.4. The van der Waals surface area contributed by atoms with Crippen molar-refractivity contribution in [1.29, 1.82) is 0 Å². The number of carbonyl (C=O) groups excluding carboxylic acids is 2. The zero-order chi connectivity index (χ0) is 16.8. The SMILES string of the molecule is Cc1ccc(C(=O)NCCNC(=O)[C@H]2CCN[C@@H](C)C2)cc1F.Cl. The molecule has 2 rings (SSSR count). The normalized spacial score (nSPS) is 20.0. The van der Waals surface area contributed by atoms with Crippen molar-refractivity contribution in [3.05, 3.63) is 35.1 Å². The van der Waals surface area contributed by atoms with Crippen LogP contribution in [0.5, 0.6) is 0 Å². The van der Waals surface area contributed by atoms with Crippen molar-refractivity contribution < 1.29 is 14.0 Å². The molecule has 0 radical (unpaired) electrons. The van der Waals surface area contributed by atoms with Gasteiger partial charge < -0.3 is 16.0 Å². The van der Waals surface area contributed by atoms with Crippen molar-refractivity contribution in [2.45, 2.75) is 32.7 Å². The van der Waals surface area contributed by atoms with Gasteiger partial charge >= 0.3 is 0 Å². The van der Waals surface area contributed by atoms with Crippen molar-refractivity contribution in [2.24, 2.45) is 5.92 Å². The van der Waals surface area contributed by atoms with Crippen LogP contribution in [0.4, 0.5) is 4.39 Å². The maximum absolute atomic E-state index is 13.4. The number of rotatable bonds is 5. The highest BCUT2D eigenvalue weighted by Crippen LogP contribution is 2.15. The monoisotopic (exact) mass is 357 g/mol. The molecule has 3 N–H and O–H groups in total. The molecule has 134 valence electrons. The van der Waals surface area contributed by atoms with E-state index in [0.29, 0.717) is 24.7 Å². The summed E-state index contributed by atoms with van der Waals surface area (Å²) in [6.45, 7) is 5.27. The van der Waals surface area contributed by atoms with E-state index in [4.69, 9.17) is 0 Å². The summed E-state index contributed by atoms with van der Waals surface area (Å²) in [6.07, 6.45) is 1.67. The Morgan fingerprint density at radius 3 is 2.67 bits per heavy atom. The lowest BCUT2D eigenvalue weighted by atomic mass is 9.92. The van der Waals surface area contributed by atoms with Crippen LogP contribution in [-0.4, -0.2) is 37.5 Å². The van der Waals surface area contributed by atoms with Gasteiger partial charge in [0.15, 0.2) is 0 Å². The summed E-state index contributed by atoms with van der Waals surface area (Å²) >= 11 is 0. The summed E-state index contributed by atoms with van der Waals surface area (Å²) in [6, 6.07) is 4.74. The Bertz CT molecular complexity index is 583. The minimum atomic E-state index is -0.397. The molecular weight excluding hydrogens is 333 g/mol. The van der Waals surface area contributed by atoms with E-state index in [1.807, 2.05) is 0 Å². The fourth-order valence-electron chi connectivity index (χ4n) is 2.71. The van der Waals surface area contributed by atoms with Crippen LogP contribution in [0.1, 0.15) is 35.7 Å². The van der Waals surface area contributed by atoms with Crippen molar-refractivity contribution in [2.75, 3.05) is 19.6 Å². The van der Waals surface area contributed by atoms with Gasteiger partial charge in [0, 0.05) is 30.6 Å². The third-order valence-corrected chi connectivity index (χ3v) is 4.14. The molecule has 5 nitrogen and oxygen atoms in total. The molecule has 0 saturated carbocycles. The van der Waals surface area contributed by atoms with Crippen LogP contribution < -0.4 is 16.0 Å². The largest absolute Gasteiger partial charge is 0.354 e. The maximum Gasteiger partial charge on any atom is 0.251 e. The lowest BCUT2D eigenvalue weighted by Crippen LogP contribution is -2.44. The summed E-state index contributed by atoms with van der Waals surface area (Å²) < 4.78 is 13.4. The van der Waals surface area contributed by atoms with E-state index in [9.17, 15) is 14.0 Å². The molecule has 1 aliphatic heterocycles. The molecule has 0 bridgehead atoms. The number of hydrogen-bond acceptors (Lipinski definition) is 3. The topological polar surface area (TPSA) is 70.2 Å². The second-order valence-electron chi connectivity index (χ2n) is 6.09. The molecule has 1 heterocycles. The summed E-state index contributed by atoms with van der Waals surface area (Å²) in [5.74, 6) is -0.665. The predicted molar refractivity (Wildman–Crippen MR) is 93.9 cm³/mol. The Labute approximate surface area is 148 Å². The number of hydrogen-bond donors (Lipinski definition) is 3. The maximum atomic E-state index is 13.4. The van der Waals surface area contributed by atoms with Gasteiger partial charge in [-0.25, -0.2) is 4.39 Å². The molecule has 1 aromatic rings. The fraction of sp³-hybridized carbons (Fsp3) is 0.529. The zero-order valence-corrected chi connectivity index (χ0v) is 14.8. The number of benzene rings is 1. The smallest absolute Gasteiger partial charge is 0.251 e. The first-order chi connectivity index (χ1) is 11.0. The van der Waals surface area contributed by atoms with Crippen LogP contribution in [0.3, 0.4) is 0 Å². The molecule has 1 fully saturated rings. The van der Waals surface area contributed by atoms with Gasteiger partial charge in [0.2, 0.25) is 5.91 Å². The average molecular weight is 358 g/mol. The molecule has 0 unspecified atom stereocenters. The summed E-state index contributed by atoms with van der Waals surface area (Å²) in [5, 5.41) is 8.83. The Balaban J connectivity index is 0.00000288. The number of amides is 2. The highest BCUT2D eigenvalue weighted by Gasteiger charge is 2.24. The molecule has 0 aliphatic carbocycles. The van der Waals surface area contributed by atoms with E-state index in [-0.39, 0.29) is 35.7 Å². The van der Waals surface area contributed by atoms with E-state index < -0.39 is 5.82 Å². The average Bonchev–Trinajstić information content (AvgIpc) is 2.53. The van der Waals surface area contributed by atoms with Gasteiger partial charge in [-0.05, 0) is 50.9 Å². The molecule has 0 spiro atoms. The Hall–Kier alpha value is -1.66. The highest BCUT2D eigenvalue weighted by molar-refractivity contribution is 5.94. The van der Waals surface area contributed by atoms with E-state index in [1.54, 1.807) is 19.1 Å². The fourth-order valence-corrected chi connectivity index (χ4v) is 2.71. The summed E-state index contributed by atoms with van der Waals surface area (Å²) in [5.41, 5.74) is 0.789. The van der Waals surface area contributed by atoms with Crippen LogP contribution in [0, 0.1) is 18.7 Å². The molecular formula is C17H25ClFN3O2. The highest BCUT2D eigenvalue weighted by atomic mass is 35.5. The van der Waals surface area contributed by atoms with E-state index >= 15 is 0 Å². The van der Waals surface area contributed by atoms with Gasteiger partial charge in [0.25, 0.3) is 5.91 Å². The second kappa shape index (κ2) is 9.59. The van der Waals surface area contributed by atoms with Crippen molar-refractivity contribution in [3.8, 4) is 0 Å². The zero-order valence-electron chi connectivity index (χ0n) is 14.0. The van der Waals surface area contributed by atoms with E-state index in [1.165, 1.54) is 6.07 Å². The summed E-state index contributed by atoms with van der Waals surface area (Å²) in [4.78, 5) is 23.9. The van der Waals surface area contributed by atoms with Gasteiger partial charge in [-0.15, -0.1) is 12.4 Å². The minimum absolute atomic E-state index is 0. The van der Waals surface area contributed by atoms with Gasteiger partial charge in [-0.1, -0.05) is 6.07 Å². The van der Waals surface area contributed by atoms with Gasteiger partial charge in [0.05, 0.1) is 0 Å². The van der Waals surface area contributed by atoms with Gasteiger partial charge in [0.1, 0.15) is 5.82 Å². The van der Waals surface area contributed by atoms with Gasteiger partial charge in [-0.3, -0.25) is 9.59 Å². The quantitative estimate of drug-likeness (QED) is 0.704. The molecule has 24 heavy (non-hydrogen) atoms. The van der Waals surface area contributed by atoms with Crippen LogP contribution in [0.25, 0.3) is 0 Å². The number of piperidine rings is 1. The molecule has 1 saturated heterocycles. The van der Waals surface area contributed by atoms with Crippen molar-refractivity contribution in [1.82, 2.24) is 16.0 Å². The summed E-state index contributed by atoms with van der Waals surface area (Å²) in [7, 11) is 0. The third-order valence-electron chi connectivity index (χ3n) is 4.14. The Morgan fingerprint density at radius 1 is 1.29 bits per heavy atom. The number of halogens is 2. The number of carbonyl (C=O) groups is 2. The standard InChI is InChI=1S/C17H24FN3O2.ClH/c1-11-3-4-13(10-15(11)18)16(22)20-7-8-21-17(23)14-5-6-19-12(2)9-14;/h3-4,10,12,14,19H,5-9H2,1-2H3,(H,20,22)(H,21,23);1H/t12-,14-;/m0./s1. The minimum Gasteiger partial charge on any atom is -0.354 e. The van der Waals surface area contributed by atoms with Crippen molar-refractivity contribution in [3.63, 3.8) is 0 Å². The predicted octanol–water partition coefficient (Wildman–Crippen LogP) is 1.79. The van der Waals surface area contributed by atoms with Crippen molar-refractivity contribution >= 4 is 24.2 Å². The molecule has 1 aromatic carbocycles. The van der Waals surface area contributed by atoms with E-state index in [2.05, 4.69) is 22.9 Å². The molecule has 2 atom stereocenters. The van der Waals surface area contributed by atoms with E-state index in [0.717, 1.165) is 19.4 Å². The molecule has 2 amide bonds. The van der Waals surface area contributed by atoms with Gasteiger partial charge in [-0.2, -0.15) is 0 Å². The molecule has 0 aromatic heterocycles. The first-order valence-electron chi connectivity index (χ1n) is 8.03. The Kier molecular flexibility index (Phi) is 8.15. The lowest BCUT2D eigenvalue weighted by Gasteiger charge is -2.27. The molecule has 1 aliphatic rings. The first-order valence-corrected chi connectivity index (χ1v) is 8.03. The Morgan fingerprint density at radius 2 is 2.00 bits per heavy atom. The molecule has 7 heteroatoms. The lowest BCUT2D eigenvalue weighted by molar-refractivity contribution is -0.126. The van der Waals surface area contributed by atoms with Crippen LogP contribution in [-0.2, 0) is 4.79 Å². The van der Waals surface area contributed by atoms with Crippen LogP contribution in [0.2, 0.25) is 0 Å². The van der Waals surface area contributed by atoms with Crippen LogP contribution in [0.15, 0.2) is 18.2 Å². The number of aryl methyl sites for hydroxylation is 1. The second-order valence-corrected chi connectivity index (χ2v) is 6.09. The third kappa shape index (κ3) is 5.76. The number of nitrogens with one attached hydrogen (secondary N) is 3. The van der Waals surface area contributed by atoms with Crippen LogP contribution >= 0.6 is 12.4 Å².